The predicted octanol–water partition coefficient (Wildman–Crippen LogP) is 5.02. The molecule has 3 rings (SSSR count). The highest BCUT2D eigenvalue weighted by Crippen LogP contribution is 2.31. The number of ether oxygens (including phenoxy) is 1. The van der Waals surface area contributed by atoms with E-state index in [2.05, 4.69) is 0 Å². The minimum absolute atomic E-state index is 0.00707. The molecule has 5 nitrogen and oxygen atoms in total. The maximum Gasteiger partial charge on any atom is 0.336 e. The first-order valence-corrected chi connectivity index (χ1v) is 7.74. The summed E-state index contributed by atoms with van der Waals surface area (Å²) in [7, 11) is 0. The van der Waals surface area contributed by atoms with Gasteiger partial charge in [0.2, 0.25) is 0 Å². The molecule has 0 bridgehead atoms. The Bertz CT molecular complexity index is 980. The van der Waals surface area contributed by atoms with Crippen LogP contribution in [0.1, 0.15) is 5.56 Å². The van der Waals surface area contributed by atoms with Crippen LogP contribution in [-0.2, 0) is 4.79 Å². The van der Waals surface area contributed by atoms with Gasteiger partial charge in [-0.1, -0.05) is 35.9 Å². The second-order valence-electron chi connectivity index (χ2n) is 5.19. The summed E-state index contributed by atoms with van der Waals surface area (Å²) in [5.74, 6) is -0.135. The molecule has 0 aliphatic heterocycles. The number of halogens is 1. The minimum atomic E-state index is -0.550. The van der Waals surface area contributed by atoms with E-state index in [0.29, 0.717) is 16.3 Å². The van der Waals surface area contributed by atoms with Gasteiger partial charge in [0.05, 0.1) is 4.92 Å². The SMILES string of the molecule is O=C(/C=C/c1ccc([N+](=O)[O-])cc1)Oc1ccc(Cl)c2ccccc12. The van der Waals surface area contributed by atoms with Crippen molar-refractivity contribution >= 4 is 40.1 Å². The van der Waals surface area contributed by atoms with Crippen molar-refractivity contribution in [1.29, 1.82) is 0 Å². The molecule has 0 N–H and O–H groups in total. The van der Waals surface area contributed by atoms with Gasteiger partial charge in [-0.3, -0.25) is 10.1 Å². The van der Waals surface area contributed by atoms with Gasteiger partial charge in [-0.2, -0.15) is 0 Å². The quantitative estimate of drug-likeness (QED) is 0.217. The number of non-ortho nitro benzene ring substituents is 1. The first kappa shape index (κ1) is 16.7. The van der Waals surface area contributed by atoms with Gasteiger partial charge in [0.25, 0.3) is 5.69 Å². The number of carbonyl (C=O) groups excluding carboxylic acids is 1. The van der Waals surface area contributed by atoms with Crippen molar-refractivity contribution in [3.63, 3.8) is 0 Å². The molecule has 0 spiro atoms. The molecule has 0 radical (unpaired) electrons. The van der Waals surface area contributed by atoms with Crippen molar-refractivity contribution in [2.24, 2.45) is 0 Å². The van der Waals surface area contributed by atoms with Gasteiger partial charge in [-0.25, -0.2) is 4.79 Å². The van der Waals surface area contributed by atoms with E-state index in [1.165, 1.54) is 24.3 Å². The molecule has 0 atom stereocenters. The zero-order valence-corrected chi connectivity index (χ0v) is 13.6. The van der Waals surface area contributed by atoms with E-state index < -0.39 is 10.9 Å². The highest BCUT2D eigenvalue weighted by Gasteiger charge is 2.08. The average Bonchev–Trinajstić information content (AvgIpc) is 2.63. The van der Waals surface area contributed by atoms with Crippen LogP contribution in [0, 0.1) is 10.1 Å². The van der Waals surface area contributed by atoms with Crippen LogP contribution in [0.4, 0.5) is 5.69 Å². The van der Waals surface area contributed by atoms with Crippen LogP contribution in [-0.4, -0.2) is 10.9 Å². The van der Waals surface area contributed by atoms with E-state index in [-0.39, 0.29) is 5.69 Å². The van der Waals surface area contributed by atoms with Crippen LogP contribution in [0.25, 0.3) is 16.8 Å². The molecule has 124 valence electrons. The van der Waals surface area contributed by atoms with Crippen molar-refractivity contribution in [3.05, 3.63) is 87.4 Å². The number of fused-ring (bicyclic) bond motifs is 1. The number of nitro benzene ring substituents is 1. The van der Waals surface area contributed by atoms with E-state index in [1.807, 2.05) is 24.3 Å². The molecule has 0 unspecified atom stereocenters. The summed E-state index contributed by atoms with van der Waals surface area (Å²) < 4.78 is 5.37. The highest BCUT2D eigenvalue weighted by molar-refractivity contribution is 6.35. The van der Waals surface area contributed by atoms with Crippen LogP contribution in [0.15, 0.2) is 66.7 Å². The van der Waals surface area contributed by atoms with Crippen LogP contribution >= 0.6 is 11.6 Å². The van der Waals surface area contributed by atoms with Gasteiger partial charge in [-0.15, -0.1) is 0 Å². The topological polar surface area (TPSA) is 69.4 Å². The molecule has 0 aliphatic carbocycles. The molecule has 0 heterocycles. The summed E-state index contributed by atoms with van der Waals surface area (Å²) >= 11 is 6.14. The number of hydrogen-bond acceptors (Lipinski definition) is 4. The predicted molar refractivity (Wildman–Crippen MR) is 96.7 cm³/mol. The molecule has 0 saturated heterocycles. The number of rotatable bonds is 4. The standard InChI is InChI=1S/C19H12ClNO4/c20-17-10-11-18(16-4-2-1-3-15(16)17)25-19(22)12-7-13-5-8-14(9-6-13)21(23)24/h1-12H/b12-7+. The van der Waals surface area contributed by atoms with E-state index >= 15 is 0 Å². The van der Waals surface area contributed by atoms with Gasteiger partial charge in [0.1, 0.15) is 5.75 Å². The lowest BCUT2D eigenvalue weighted by Gasteiger charge is -2.07. The first-order chi connectivity index (χ1) is 12.0. The molecule has 0 amide bonds. The summed E-state index contributed by atoms with van der Waals surface area (Å²) in [6, 6.07) is 16.5. The lowest BCUT2D eigenvalue weighted by molar-refractivity contribution is -0.384. The monoisotopic (exact) mass is 353 g/mol. The fraction of sp³-hybridized carbons (Fsp3) is 0. The van der Waals surface area contributed by atoms with Crippen molar-refractivity contribution in [3.8, 4) is 5.75 Å². The largest absolute Gasteiger partial charge is 0.423 e. The number of nitro groups is 1. The molecule has 0 fully saturated rings. The lowest BCUT2D eigenvalue weighted by Crippen LogP contribution is -2.04. The number of nitrogens with zero attached hydrogens (tertiary/aromatic N) is 1. The van der Waals surface area contributed by atoms with Crippen LogP contribution in [0.2, 0.25) is 5.02 Å². The Balaban J connectivity index is 1.77. The maximum absolute atomic E-state index is 12.0. The number of esters is 1. The van der Waals surface area contributed by atoms with Crippen LogP contribution in [0.3, 0.4) is 0 Å². The third kappa shape index (κ3) is 3.84. The first-order valence-electron chi connectivity index (χ1n) is 7.36. The Morgan fingerprint density at radius 2 is 1.68 bits per heavy atom. The summed E-state index contributed by atoms with van der Waals surface area (Å²) in [5, 5.41) is 12.7. The summed E-state index contributed by atoms with van der Waals surface area (Å²) in [5.41, 5.74) is 0.649. The highest BCUT2D eigenvalue weighted by atomic mass is 35.5. The number of carbonyl (C=O) groups is 1. The average molecular weight is 354 g/mol. The fourth-order valence-electron chi connectivity index (χ4n) is 2.34. The van der Waals surface area contributed by atoms with Gasteiger partial charge < -0.3 is 4.74 Å². The Morgan fingerprint density at radius 1 is 1.00 bits per heavy atom. The molecule has 3 aromatic carbocycles. The lowest BCUT2D eigenvalue weighted by atomic mass is 10.1. The van der Waals surface area contributed by atoms with Crippen molar-refractivity contribution in [2.75, 3.05) is 0 Å². The third-order valence-electron chi connectivity index (χ3n) is 3.56. The van der Waals surface area contributed by atoms with Crippen molar-refractivity contribution in [1.82, 2.24) is 0 Å². The van der Waals surface area contributed by atoms with Gasteiger partial charge in [0, 0.05) is 34.0 Å². The zero-order valence-electron chi connectivity index (χ0n) is 12.9. The second-order valence-corrected chi connectivity index (χ2v) is 5.60. The third-order valence-corrected chi connectivity index (χ3v) is 3.89. The van der Waals surface area contributed by atoms with Gasteiger partial charge in [0.15, 0.2) is 0 Å². The van der Waals surface area contributed by atoms with Crippen molar-refractivity contribution in [2.45, 2.75) is 0 Å². The van der Waals surface area contributed by atoms with E-state index in [0.717, 1.165) is 10.8 Å². The molecule has 3 aromatic rings. The summed E-state index contributed by atoms with van der Waals surface area (Å²) in [4.78, 5) is 22.2. The Morgan fingerprint density at radius 3 is 2.36 bits per heavy atom. The van der Waals surface area contributed by atoms with Crippen LogP contribution in [0.5, 0.6) is 5.75 Å². The molecule has 0 aromatic heterocycles. The molecular weight excluding hydrogens is 342 g/mol. The minimum Gasteiger partial charge on any atom is -0.423 e. The van der Waals surface area contributed by atoms with Gasteiger partial charge in [-0.05, 0) is 35.9 Å². The smallest absolute Gasteiger partial charge is 0.336 e. The molecule has 25 heavy (non-hydrogen) atoms. The second kappa shape index (κ2) is 7.15. The summed E-state index contributed by atoms with van der Waals surface area (Å²) in [6.07, 6.45) is 2.80. The van der Waals surface area contributed by atoms with Gasteiger partial charge >= 0.3 is 5.97 Å². The molecule has 0 saturated carbocycles. The zero-order chi connectivity index (χ0) is 17.8. The Hall–Kier alpha value is -3.18. The Kier molecular flexibility index (Phi) is 4.77. The molecule has 6 heteroatoms. The number of benzene rings is 3. The van der Waals surface area contributed by atoms with Crippen LogP contribution < -0.4 is 4.74 Å². The summed E-state index contributed by atoms with van der Waals surface area (Å²) in [6.45, 7) is 0. The maximum atomic E-state index is 12.0. The molecular formula is C19H12ClNO4. The number of hydrogen-bond donors (Lipinski definition) is 0. The van der Waals surface area contributed by atoms with E-state index in [9.17, 15) is 14.9 Å². The molecule has 0 aliphatic rings. The Labute approximate surface area is 148 Å². The van der Waals surface area contributed by atoms with E-state index in [1.54, 1.807) is 24.3 Å². The van der Waals surface area contributed by atoms with Crippen molar-refractivity contribution < 1.29 is 14.5 Å². The van der Waals surface area contributed by atoms with E-state index in [4.69, 9.17) is 16.3 Å². The fourth-order valence-corrected chi connectivity index (χ4v) is 2.57. The normalized spacial score (nSPS) is 10.9.